The first-order chi connectivity index (χ1) is 9.41. The molecule has 2 N–H and O–H groups in total. The second kappa shape index (κ2) is 6.99. The highest BCUT2D eigenvalue weighted by Crippen LogP contribution is 2.31. The third-order valence-electron chi connectivity index (χ3n) is 2.26. The van der Waals surface area contributed by atoms with Gasteiger partial charge in [-0.3, -0.25) is 9.59 Å². The average molecular weight is 413 g/mol. The van der Waals surface area contributed by atoms with E-state index in [9.17, 15) is 9.59 Å². The van der Waals surface area contributed by atoms with E-state index in [0.29, 0.717) is 16.9 Å². The molecule has 0 saturated heterocycles. The summed E-state index contributed by atoms with van der Waals surface area (Å²) in [6.45, 7) is 1.72. The maximum absolute atomic E-state index is 11.6. The fourth-order valence-corrected chi connectivity index (χ4v) is 1.51. The predicted molar refractivity (Wildman–Crippen MR) is 89.0 cm³/mol. The van der Waals surface area contributed by atoms with Crippen molar-refractivity contribution in [1.29, 1.82) is 0 Å². The number of aryl methyl sites for hydroxylation is 1. The van der Waals surface area contributed by atoms with Crippen molar-refractivity contribution in [2.75, 3.05) is 10.6 Å². The number of nitrogens with one attached hydrogen (secondary N) is 2. The zero-order valence-electron chi connectivity index (χ0n) is 10.3. The zero-order valence-corrected chi connectivity index (χ0v) is 14.9. The van der Waals surface area contributed by atoms with Crippen LogP contribution in [0.4, 0.5) is 11.4 Å². The Balaban J connectivity index is 2.96. The van der Waals surface area contributed by atoms with Gasteiger partial charge >= 0.3 is 0 Å². The fraction of sp³-hybridized carbons (Fsp3) is 0.273. The van der Waals surface area contributed by atoms with Gasteiger partial charge in [0.15, 0.2) is 0 Å². The lowest BCUT2D eigenvalue weighted by Gasteiger charge is -2.16. The van der Waals surface area contributed by atoms with Crippen LogP contribution in [0, 0.1) is 6.92 Å². The van der Waals surface area contributed by atoms with E-state index in [4.69, 9.17) is 69.6 Å². The maximum Gasteiger partial charge on any atom is 0.276 e. The van der Waals surface area contributed by atoms with E-state index in [2.05, 4.69) is 10.6 Å². The highest BCUT2D eigenvalue weighted by atomic mass is 35.6. The van der Waals surface area contributed by atoms with Crippen molar-refractivity contribution in [1.82, 2.24) is 0 Å². The van der Waals surface area contributed by atoms with Crippen LogP contribution >= 0.6 is 69.6 Å². The number of carbonyl (C=O) groups excluding carboxylic acids is 2. The van der Waals surface area contributed by atoms with Crippen molar-refractivity contribution < 1.29 is 9.59 Å². The molecule has 0 fully saturated rings. The average Bonchev–Trinajstić information content (AvgIpc) is 2.30. The number of halogens is 6. The van der Waals surface area contributed by atoms with Crippen molar-refractivity contribution in [3.8, 4) is 0 Å². The third-order valence-corrected chi connectivity index (χ3v) is 3.29. The molecule has 0 spiro atoms. The molecule has 0 atom stereocenters. The first-order valence-electron chi connectivity index (χ1n) is 5.28. The van der Waals surface area contributed by atoms with Crippen molar-refractivity contribution in [2.45, 2.75) is 14.5 Å². The number of benzene rings is 1. The van der Waals surface area contributed by atoms with Gasteiger partial charge in [-0.25, -0.2) is 0 Å². The molecule has 0 saturated carbocycles. The molecule has 1 rings (SSSR count). The Bertz CT molecular complexity index is 565. The lowest BCUT2D eigenvalue weighted by atomic mass is 10.1. The Morgan fingerprint density at radius 2 is 1.38 bits per heavy atom. The molecule has 2 amide bonds. The van der Waals surface area contributed by atoms with Crippen molar-refractivity contribution in [3.05, 3.63) is 23.8 Å². The lowest BCUT2D eigenvalue weighted by Crippen LogP contribution is -2.28. The normalized spacial score (nSPS) is 12.0. The number of anilines is 2. The van der Waals surface area contributed by atoms with Crippen LogP contribution in [0.2, 0.25) is 0 Å². The van der Waals surface area contributed by atoms with Crippen LogP contribution < -0.4 is 10.6 Å². The van der Waals surface area contributed by atoms with Gasteiger partial charge in [0.1, 0.15) is 0 Å². The predicted octanol–water partition coefficient (Wildman–Crippen LogP) is 4.61. The molecular weight excluding hydrogens is 405 g/mol. The molecule has 0 radical (unpaired) electrons. The Hall–Kier alpha value is -0.100. The summed E-state index contributed by atoms with van der Waals surface area (Å²) in [5.74, 6) is -1.67. The summed E-state index contributed by atoms with van der Waals surface area (Å²) in [6.07, 6.45) is 0. The number of hydrogen-bond donors (Lipinski definition) is 2. The monoisotopic (exact) mass is 410 g/mol. The molecule has 1 aromatic carbocycles. The minimum atomic E-state index is -2.11. The van der Waals surface area contributed by atoms with Gasteiger partial charge in [0.25, 0.3) is 19.4 Å². The number of alkyl halides is 6. The molecule has 10 heteroatoms. The van der Waals surface area contributed by atoms with E-state index in [0.717, 1.165) is 0 Å². The van der Waals surface area contributed by atoms with E-state index >= 15 is 0 Å². The van der Waals surface area contributed by atoms with Crippen molar-refractivity contribution in [3.63, 3.8) is 0 Å². The fourth-order valence-electron chi connectivity index (χ4n) is 1.23. The number of amides is 2. The van der Waals surface area contributed by atoms with E-state index in [1.54, 1.807) is 19.1 Å². The molecule has 0 heterocycles. The van der Waals surface area contributed by atoms with Gasteiger partial charge in [-0.2, -0.15) is 0 Å². The molecule has 4 nitrogen and oxygen atoms in total. The summed E-state index contributed by atoms with van der Waals surface area (Å²) < 4.78 is -4.21. The molecule has 0 aliphatic carbocycles. The van der Waals surface area contributed by atoms with Crippen LogP contribution in [-0.4, -0.2) is 19.4 Å². The van der Waals surface area contributed by atoms with Crippen LogP contribution in [0.3, 0.4) is 0 Å². The smallest absolute Gasteiger partial charge is 0.276 e. The van der Waals surface area contributed by atoms with Gasteiger partial charge < -0.3 is 10.6 Å². The minimum Gasteiger partial charge on any atom is -0.322 e. The SMILES string of the molecule is Cc1ccc(NC(=O)C(Cl)(Cl)Cl)cc1NC(=O)C(Cl)(Cl)Cl. The Kier molecular flexibility index (Phi) is 6.30. The summed E-state index contributed by atoms with van der Waals surface area (Å²) in [7, 11) is 0. The van der Waals surface area contributed by atoms with Gasteiger partial charge in [0, 0.05) is 11.4 Å². The second-order valence-electron chi connectivity index (χ2n) is 3.93. The maximum atomic E-state index is 11.6. The second-order valence-corrected chi connectivity index (χ2v) is 8.50. The van der Waals surface area contributed by atoms with E-state index in [1.165, 1.54) is 6.07 Å². The number of rotatable bonds is 2. The Morgan fingerprint density at radius 1 is 0.905 bits per heavy atom. The molecule has 21 heavy (non-hydrogen) atoms. The van der Waals surface area contributed by atoms with Crippen molar-refractivity contribution in [2.24, 2.45) is 0 Å². The standard InChI is InChI=1S/C11H8Cl6N2O2/c1-5-2-3-6(18-8(20)10(12,13)14)4-7(5)19-9(21)11(15,16)17/h2-4H,1H3,(H,18,20)(H,19,21). The van der Waals surface area contributed by atoms with Gasteiger partial charge in [0.2, 0.25) is 0 Å². The third kappa shape index (κ3) is 5.89. The van der Waals surface area contributed by atoms with Crippen LogP contribution in [0.25, 0.3) is 0 Å². The quantitative estimate of drug-likeness (QED) is 0.697. The first-order valence-corrected chi connectivity index (χ1v) is 7.55. The molecule has 0 unspecified atom stereocenters. The summed E-state index contributed by atoms with van der Waals surface area (Å²) >= 11 is 32.7. The highest BCUT2D eigenvalue weighted by molar-refractivity contribution is 6.77. The molecule has 1 aromatic rings. The first kappa shape index (κ1) is 18.9. The highest BCUT2D eigenvalue weighted by Gasteiger charge is 2.32. The van der Waals surface area contributed by atoms with E-state index < -0.39 is 19.4 Å². The van der Waals surface area contributed by atoms with Gasteiger partial charge in [-0.15, -0.1) is 0 Å². The molecular formula is C11H8Cl6N2O2. The number of carbonyl (C=O) groups is 2. The molecule has 0 aliphatic heterocycles. The molecule has 0 aliphatic rings. The topological polar surface area (TPSA) is 58.2 Å². The summed E-state index contributed by atoms with van der Waals surface area (Å²) in [5.41, 5.74) is 1.33. The van der Waals surface area contributed by atoms with E-state index in [-0.39, 0.29) is 0 Å². The summed E-state index contributed by atoms with van der Waals surface area (Å²) in [4.78, 5) is 23.2. The molecule has 0 aromatic heterocycles. The van der Waals surface area contributed by atoms with Crippen LogP contribution in [0.1, 0.15) is 5.56 Å². The van der Waals surface area contributed by atoms with Crippen molar-refractivity contribution >= 4 is 92.8 Å². The summed E-state index contributed by atoms with van der Waals surface area (Å²) in [6, 6.07) is 4.63. The van der Waals surface area contributed by atoms with Crippen LogP contribution in [0.5, 0.6) is 0 Å². The van der Waals surface area contributed by atoms with Crippen LogP contribution in [-0.2, 0) is 9.59 Å². The van der Waals surface area contributed by atoms with Gasteiger partial charge in [0.05, 0.1) is 0 Å². The molecule has 116 valence electrons. The molecule has 0 bridgehead atoms. The van der Waals surface area contributed by atoms with E-state index in [1.807, 2.05) is 0 Å². The number of hydrogen-bond acceptors (Lipinski definition) is 2. The van der Waals surface area contributed by atoms with Gasteiger partial charge in [-0.05, 0) is 24.6 Å². The van der Waals surface area contributed by atoms with Gasteiger partial charge in [-0.1, -0.05) is 75.7 Å². The van der Waals surface area contributed by atoms with Crippen LogP contribution in [0.15, 0.2) is 18.2 Å². The summed E-state index contributed by atoms with van der Waals surface area (Å²) in [5, 5.41) is 4.79. The Labute approximate surface area is 150 Å². The minimum absolute atomic E-state index is 0.302. The largest absolute Gasteiger partial charge is 0.322 e. The lowest BCUT2D eigenvalue weighted by molar-refractivity contribution is -0.116. The zero-order chi connectivity index (χ0) is 16.4. The Morgan fingerprint density at radius 3 is 1.86 bits per heavy atom.